The van der Waals surface area contributed by atoms with Crippen LogP contribution >= 0.6 is 15.9 Å². The Bertz CT molecular complexity index is 149. The fourth-order valence-corrected chi connectivity index (χ4v) is 2.39. The van der Waals surface area contributed by atoms with Crippen molar-refractivity contribution in [3.63, 3.8) is 0 Å². The van der Waals surface area contributed by atoms with Crippen LogP contribution in [0.4, 0.5) is 0 Å². The minimum atomic E-state index is 0.187. The van der Waals surface area contributed by atoms with Crippen LogP contribution in [-0.4, -0.2) is 17.8 Å². The van der Waals surface area contributed by atoms with Crippen molar-refractivity contribution in [2.75, 3.05) is 7.05 Å². The number of alkyl halides is 1. The molecule has 0 bridgehead atoms. The van der Waals surface area contributed by atoms with Crippen LogP contribution in [0.3, 0.4) is 0 Å². The van der Waals surface area contributed by atoms with Gasteiger partial charge in [-0.25, -0.2) is 0 Å². The Morgan fingerprint density at radius 3 is 2.64 bits per heavy atom. The van der Waals surface area contributed by atoms with Gasteiger partial charge in [0, 0.05) is 11.9 Å². The van der Waals surface area contributed by atoms with Crippen LogP contribution in [0.5, 0.6) is 0 Å². The highest BCUT2D eigenvalue weighted by atomic mass is 79.9. The maximum atomic E-state index is 11.2. The van der Waals surface area contributed by atoms with Gasteiger partial charge in [0.05, 0.1) is 5.92 Å². The number of amides is 1. The SMILES string of the molecule is CNC(=O)[C@H]1CCCC[C@H]1Br. The van der Waals surface area contributed by atoms with Gasteiger partial charge in [0.25, 0.3) is 0 Å². The third-order valence-corrected chi connectivity index (χ3v) is 3.36. The smallest absolute Gasteiger partial charge is 0.223 e. The molecule has 0 aromatic heterocycles. The van der Waals surface area contributed by atoms with Crippen LogP contribution in [0.25, 0.3) is 0 Å². The van der Waals surface area contributed by atoms with Gasteiger partial charge < -0.3 is 5.32 Å². The zero-order chi connectivity index (χ0) is 8.27. The van der Waals surface area contributed by atoms with Gasteiger partial charge in [-0.15, -0.1) is 0 Å². The van der Waals surface area contributed by atoms with Gasteiger partial charge in [-0.1, -0.05) is 28.8 Å². The monoisotopic (exact) mass is 219 g/mol. The topological polar surface area (TPSA) is 29.1 Å². The molecule has 3 heteroatoms. The van der Waals surface area contributed by atoms with Gasteiger partial charge in [0.1, 0.15) is 0 Å². The Hall–Kier alpha value is -0.0500. The molecule has 2 atom stereocenters. The summed E-state index contributed by atoms with van der Waals surface area (Å²) in [4.78, 5) is 11.6. The maximum absolute atomic E-state index is 11.2. The fourth-order valence-electron chi connectivity index (χ4n) is 1.57. The summed E-state index contributed by atoms with van der Waals surface area (Å²) in [6.45, 7) is 0. The van der Waals surface area contributed by atoms with E-state index >= 15 is 0 Å². The molecule has 11 heavy (non-hydrogen) atoms. The van der Waals surface area contributed by atoms with Crippen molar-refractivity contribution in [2.45, 2.75) is 30.5 Å². The Labute approximate surface area is 75.9 Å². The van der Waals surface area contributed by atoms with Crippen molar-refractivity contribution in [3.05, 3.63) is 0 Å². The second-order valence-corrected chi connectivity index (χ2v) is 4.20. The summed E-state index contributed by atoms with van der Waals surface area (Å²) < 4.78 is 0. The number of rotatable bonds is 1. The summed E-state index contributed by atoms with van der Waals surface area (Å²) in [7, 11) is 1.71. The lowest BCUT2D eigenvalue weighted by atomic mass is 9.88. The Kier molecular flexibility index (Phi) is 3.37. The molecule has 1 amide bonds. The second kappa shape index (κ2) is 4.10. The molecule has 0 heterocycles. The summed E-state index contributed by atoms with van der Waals surface area (Å²) in [5, 5.41) is 2.70. The molecule has 0 saturated heterocycles. The predicted octanol–water partition coefficient (Wildman–Crippen LogP) is 1.69. The van der Waals surface area contributed by atoms with Gasteiger partial charge in [-0.2, -0.15) is 0 Å². The molecule has 1 N–H and O–H groups in total. The molecule has 0 unspecified atom stereocenters. The first-order valence-corrected chi connectivity index (χ1v) is 5.03. The molecule has 64 valence electrons. The minimum absolute atomic E-state index is 0.187. The van der Waals surface area contributed by atoms with E-state index < -0.39 is 0 Å². The van der Waals surface area contributed by atoms with Gasteiger partial charge in [-0.05, 0) is 12.8 Å². The zero-order valence-electron chi connectivity index (χ0n) is 6.77. The van der Waals surface area contributed by atoms with Crippen molar-refractivity contribution in [3.8, 4) is 0 Å². The molecule has 1 rings (SSSR count). The highest BCUT2D eigenvalue weighted by Crippen LogP contribution is 2.29. The number of hydrogen-bond donors (Lipinski definition) is 1. The molecule has 1 fully saturated rings. The lowest BCUT2D eigenvalue weighted by molar-refractivity contribution is -0.125. The number of nitrogens with one attached hydrogen (secondary N) is 1. The molecule has 1 aliphatic rings. The van der Waals surface area contributed by atoms with Crippen molar-refractivity contribution < 1.29 is 4.79 Å². The predicted molar refractivity (Wildman–Crippen MR) is 48.7 cm³/mol. The van der Waals surface area contributed by atoms with E-state index in [4.69, 9.17) is 0 Å². The largest absolute Gasteiger partial charge is 0.359 e. The van der Waals surface area contributed by atoms with E-state index in [2.05, 4.69) is 21.2 Å². The first-order chi connectivity index (χ1) is 5.25. The Morgan fingerprint density at radius 2 is 2.09 bits per heavy atom. The average Bonchev–Trinajstić information content (AvgIpc) is 2.04. The van der Waals surface area contributed by atoms with E-state index in [1.165, 1.54) is 12.8 Å². The standard InChI is InChI=1S/C8H14BrNO/c1-10-8(11)6-4-2-3-5-7(6)9/h6-7H,2-5H2,1H3,(H,10,11)/t6-,7+/m0/s1. The number of carbonyl (C=O) groups excluding carboxylic acids is 1. The van der Waals surface area contributed by atoms with Gasteiger partial charge in [-0.3, -0.25) is 4.79 Å². The molecule has 0 spiro atoms. The molecule has 0 aromatic rings. The third-order valence-electron chi connectivity index (χ3n) is 2.26. The summed E-state index contributed by atoms with van der Waals surface area (Å²) in [6, 6.07) is 0. The summed E-state index contributed by atoms with van der Waals surface area (Å²) >= 11 is 3.54. The van der Waals surface area contributed by atoms with Gasteiger partial charge in [0.2, 0.25) is 5.91 Å². The molecule has 0 aliphatic heterocycles. The van der Waals surface area contributed by atoms with Crippen molar-refractivity contribution in [2.24, 2.45) is 5.92 Å². The number of halogens is 1. The quantitative estimate of drug-likeness (QED) is 0.669. The molecule has 1 saturated carbocycles. The first-order valence-electron chi connectivity index (χ1n) is 4.11. The van der Waals surface area contributed by atoms with Crippen LogP contribution in [0, 0.1) is 5.92 Å². The third kappa shape index (κ3) is 2.19. The van der Waals surface area contributed by atoms with E-state index in [1.54, 1.807) is 7.05 Å². The minimum Gasteiger partial charge on any atom is -0.359 e. The van der Waals surface area contributed by atoms with Crippen molar-refractivity contribution >= 4 is 21.8 Å². The van der Waals surface area contributed by atoms with E-state index in [0.717, 1.165) is 12.8 Å². The lowest BCUT2D eigenvalue weighted by Crippen LogP contribution is -2.34. The molecule has 0 radical (unpaired) electrons. The van der Waals surface area contributed by atoms with Crippen LogP contribution in [0.15, 0.2) is 0 Å². The molecule has 2 nitrogen and oxygen atoms in total. The summed E-state index contributed by atoms with van der Waals surface area (Å²) in [5.41, 5.74) is 0. The molecule has 1 aliphatic carbocycles. The van der Waals surface area contributed by atoms with Gasteiger partial charge >= 0.3 is 0 Å². The van der Waals surface area contributed by atoms with Crippen LogP contribution in [-0.2, 0) is 4.79 Å². The van der Waals surface area contributed by atoms with Gasteiger partial charge in [0.15, 0.2) is 0 Å². The highest BCUT2D eigenvalue weighted by Gasteiger charge is 2.27. The summed E-state index contributed by atoms with van der Waals surface area (Å²) in [6.07, 6.45) is 4.62. The lowest BCUT2D eigenvalue weighted by Gasteiger charge is -2.25. The van der Waals surface area contributed by atoms with E-state index in [0.29, 0.717) is 4.83 Å². The van der Waals surface area contributed by atoms with E-state index in [1.807, 2.05) is 0 Å². The maximum Gasteiger partial charge on any atom is 0.223 e. The normalized spacial score (nSPS) is 31.5. The van der Waals surface area contributed by atoms with Crippen molar-refractivity contribution in [1.29, 1.82) is 0 Å². The Morgan fingerprint density at radius 1 is 1.45 bits per heavy atom. The number of carbonyl (C=O) groups is 1. The molecular formula is C8H14BrNO. The van der Waals surface area contributed by atoms with Crippen LogP contribution in [0.2, 0.25) is 0 Å². The second-order valence-electron chi connectivity index (χ2n) is 3.02. The van der Waals surface area contributed by atoms with E-state index in [-0.39, 0.29) is 11.8 Å². The first kappa shape index (κ1) is 9.04. The summed E-state index contributed by atoms with van der Waals surface area (Å²) in [5.74, 6) is 0.389. The molecular weight excluding hydrogens is 206 g/mol. The van der Waals surface area contributed by atoms with Crippen molar-refractivity contribution in [1.82, 2.24) is 5.32 Å². The van der Waals surface area contributed by atoms with Crippen LogP contribution < -0.4 is 5.32 Å². The average molecular weight is 220 g/mol. The van der Waals surface area contributed by atoms with Crippen LogP contribution in [0.1, 0.15) is 25.7 Å². The Balaban J connectivity index is 2.47. The van der Waals surface area contributed by atoms with E-state index in [9.17, 15) is 4.79 Å². The molecule has 0 aromatic carbocycles. The highest BCUT2D eigenvalue weighted by molar-refractivity contribution is 9.09. The zero-order valence-corrected chi connectivity index (χ0v) is 8.36. The fraction of sp³-hybridized carbons (Fsp3) is 0.875. The number of hydrogen-bond acceptors (Lipinski definition) is 1.